The SMILES string of the molecule is C[C@@H]1CCCC[C@H]1NC(=O)COC(=O)c1ccc(C2SCCS2)cc1. The van der Waals surface area contributed by atoms with Crippen LogP contribution in [0, 0.1) is 5.92 Å². The Kier molecular flexibility index (Phi) is 6.70. The van der Waals surface area contributed by atoms with Crippen LogP contribution in [0.15, 0.2) is 24.3 Å². The van der Waals surface area contributed by atoms with Crippen LogP contribution in [0.1, 0.15) is 53.1 Å². The van der Waals surface area contributed by atoms with Crippen LogP contribution in [-0.4, -0.2) is 36.0 Å². The van der Waals surface area contributed by atoms with Crippen molar-refractivity contribution in [2.45, 2.75) is 43.2 Å². The van der Waals surface area contributed by atoms with E-state index in [0.717, 1.165) is 19.3 Å². The highest BCUT2D eigenvalue weighted by Crippen LogP contribution is 2.45. The second-order valence-electron chi connectivity index (χ2n) is 6.71. The van der Waals surface area contributed by atoms with Crippen molar-refractivity contribution in [2.24, 2.45) is 5.92 Å². The quantitative estimate of drug-likeness (QED) is 0.783. The van der Waals surface area contributed by atoms with Crippen molar-refractivity contribution in [3.8, 4) is 0 Å². The van der Waals surface area contributed by atoms with Crippen LogP contribution in [0.25, 0.3) is 0 Å². The number of thioether (sulfide) groups is 2. The van der Waals surface area contributed by atoms with Gasteiger partial charge in [0.05, 0.1) is 10.1 Å². The van der Waals surface area contributed by atoms with Crippen molar-refractivity contribution in [3.05, 3.63) is 35.4 Å². The molecule has 0 spiro atoms. The topological polar surface area (TPSA) is 55.4 Å². The fourth-order valence-electron chi connectivity index (χ4n) is 3.32. The highest BCUT2D eigenvalue weighted by atomic mass is 32.2. The molecule has 1 saturated carbocycles. The molecule has 0 aromatic heterocycles. The third-order valence-corrected chi connectivity index (χ3v) is 7.94. The average Bonchev–Trinajstić information content (AvgIpc) is 3.16. The Morgan fingerprint density at radius 2 is 1.80 bits per heavy atom. The van der Waals surface area contributed by atoms with E-state index in [1.807, 2.05) is 35.7 Å². The summed E-state index contributed by atoms with van der Waals surface area (Å²) >= 11 is 3.87. The molecule has 1 aromatic rings. The molecule has 136 valence electrons. The second-order valence-corrected chi connectivity index (χ2v) is 9.43. The van der Waals surface area contributed by atoms with Gasteiger partial charge in [-0.1, -0.05) is 31.9 Å². The maximum absolute atomic E-state index is 12.1. The summed E-state index contributed by atoms with van der Waals surface area (Å²) in [4.78, 5) is 24.2. The lowest BCUT2D eigenvalue weighted by Crippen LogP contribution is -2.42. The van der Waals surface area contributed by atoms with Crippen LogP contribution >= 0.6 is 23.5 Å². The lowest BCUT2D eigenvalue weighted by molar-refractivity contribution is -0.125. The Hall–Kier alpha value is -1.14. The maximum atomic E-state index is 12.1. The Bertz CT molecular complexity index is 599. The largest absolute Gasteiger partial charge is 0.452 e. The van der Waals surface area contributed by atoms with Gasteiger partial charge in [0.15, 0.2) is 6.61 Å². The minimum absolute atomic E-state index is 0.206. The smallest absolute Gasteiger partial charge is 0.338 e. The number of ether oxygens (including phenoxy) is 1. The number of carbonyl (C=O) groups excluding carboxylic acids is 2. The van der Waals surface area contributed by atoms with Crippen LogP contribution in [0.3, 0.4) is 0 Å². The molecule has 1 aliphatic carbocycles. The maximum Gasteiger partial charge on any atom is 0.338 e. The van der Waals surface area contributed by atoms with Gasteiger partial charge in [-0.05, 0) is 36.5 Å². The predicted octanol–water partition coefficient (Wildman–Crippen LogP) is 4.02. The van der Waals surface area contributed by atoms with Crippen molar-refractivity contribution in [1.29, 1.82) is 0 Å². The minimum atomic E-state index is -0.440. The first-order valence-corrected chi connectivity index (χ1v) is 11.0. The van der Waals surface area contributed by atoms with Gasteiger partial charge in [-0.15, -0.1) is 23.5 Å². The van der Waals surface area contributed by atoms with Crippen molar-refractivity contribution < 1.29 is 14.3 Å². The fraction of sp³-hybridized carbons (Fsp3) is 0.579. The van der Waals surface area contributed by atoms with E-state index in [0.29, 0.717) is 16.1 Å². The molecular weight excluding hydrogens is 354 g/mol. The number of nitrogens with one attached hydrogen (secondary N) is 1. The first kappa shape index (κ1) is 18.6. The van der Waals surface area contributed by atoms with E-state index in [1.54, 1.807) is 12.1 Å². The van der Waals surface area contributed by atoms with Crippen molar-refractivity contribution in [2.75, 3.05) is 18.1 Å². The summed E-state index contributed by atoms with van der Waals surface area (Å²) < 4.78 is 5.64. The predicted molar refractivity (Wildman–Crippen MR) is 104 cm³/mol. The molecule has 25 heavy (non-hydrogen) atoms. The molecule has 2 fully saturated rings. The van der Waals surface area contributed by atoms with Gasteiger partial charge in [0.1, 0.15) is 0 Å². The minimum Gasteiger partial charge on any atom is -0.452 e. The van der Waals surface area contributed by atoms with Crippen molar-refractivity contribution >= 4 is 35.4 Å². The van der Waals surface area contributed by atoms with Crippen LogP contribution < -0.4 is 5.32 Å². The number of hydrogen-bond donors (Lipinski definition) is 1. The highest BCUT2D eigenvalue weighted by Gasteiger charge is 2.23. The van der Waals surface area contributed by atoms with Gasteiger partial charge in [-0.3, -0.25) is 4.79 Å². The number of benzene rings is 1. The average molecular weight is 380 g/mol. The first-order chi connectivity index (χ1) is 12.1. The van der Waals surface area contributed by atoms with E-state index in [1.165, 1.54) is 23.5 Å². The molecule has 1 saturated heterocycles. The molecule has 4 nitrogen and oxygen atoms in total. The zero-order chi connectivity index (χ0) is 17.6. The van der Waals surface area contributed by atoms with E-state index in [2.05, 4.69) is 12.2 Å². The lowest BCUT2D eigenvalue weighted by atomic mass is 9.86. The monoisotopic (exact) mass is 379 g/mol. The molecule has 1 amide bonds. The molecule has 0 unspecified atom stereocenters. The third kappa shape index (κ3) is 5.17. The molecule has 2 atom stereocenters. The number of esters is 1. The standard InChI is InChI=1S/C19H25NO3S2/c1-13-4-2-3-5-16(13)20-17(21)12-23-18(22)14-6-8-15(9-7-14)19-24-10-11-25-19/h6-9,13,16,19H,2-5,10-12H2,1H3,(H,20,21)/t13-,16-/m1/s1. The second kappa shape index (κ2) is 8.99. The zero-order valence-electron chi connectivity index (χ0n) is 14.5. The van der Waals surface area contributed by atoms with Crippen LogP contribution in [-0.2, 0) is 9.53 Å². The summed E-state index contributed by atoms with van der Waals surface area (Å²) in [6.45, 7) is 1.96. The number of rotatable bonds is 5. The van der Waals surface area contributed by atoms with Gasteiger partial charge in [0.25, 0.3) is 5.91 Å². The Morgan fingerprint density at radius 1 is 1.12 bits per heavy atom. The van der Waals surface area contributed by atoms with Crippen molar-refractivity contribution in [1.82, 2.24) is 5.32 Å². The molecule has 6 heteroatoms. The normalized spacial score (nSPS) is 24.0. The first-order valence-electron chi connectivity index (χ1n) is 8.93. The van der Waals surface area contributed by atoms with Gasteiger partial charge in [0.2, 0.25) is 0 Å². The fourth-order valence-corrected chi connectivity index (χ4v) is 6.18. The van der Waals surface area contributed by atoms with E-state index in [-0.39, 0.29) is 18.6 Å². The summed E-state index contributed by atoms with van der Waals surface area (Å²) in [6.07, 6.45) is 4.55. The van der Waals surface area contributed by atoms with E-state index < -0.39 is 5.97 Å². The molecule has 0 radical (unpaired) electrons. The molecule has 1 heterocycles. The van der Waals surface area contributed by atoms with Gasteiger partial charge >= 0.3 is 5.97 Å². The van der Waals surface area contributed by atoms with E-state index >= 15 is 0 Å². The third-order valence-electron chi connectivity index (χ3n) is 4.83. The van der Waals surface area contributed by atoms with Gasteiger partial charge in [-0.25, -0.2) is 4.79 Å². The Morgan fingerprint density at radius 3 is 2.48 bits per heavy atom. The zero-order valence-corrected chi connectivity index (χ0v) is 16.2. The Balaban J connectivity index is 1.46. The molecule has 0 bridgehead atoms. The number of amides is 1. The summed E-state index contributed by atoms with van der Waals surface area (Å²) in [5, 5.41) is 3.00. The summed E-state index contributed by atoms with van der Waals surface area (Å²) in [6, 6.07) is 7.75. The molecular formula is C19H25NO3S2. The van der Waals surface area contributed by atoms with E-state index in [4.69, 9.17) is 4.74 Å². The van der Waals surface area contributed by atoms with Crippen LogP contribution in [0.4, 0.5) is 0 Å². The highest BCUT2D eigenvalue weighted by molar-refractivity contribution is 8.19. The molecule has 3 rings (SSSR count). The molecule has 1 N–H and O–H groups in total. The van der Waals surface area contributed by atoms with Gasteiger partial charge in [-0.2, -0.15) is 0 Å². The number of carbonyl (C=O) groups is 2. The molecule has 1 aliphatic heterocycles. The molecule has 1 aromatic carbocycles. The number of hydrogen-bond acceptors (Lipinski definition) is 5. The summed E-state index contributed by atoms with van der Waals surface area (Å²) in [7, 11) is 0. The molecule has 2 aliphatic rings. The summed E-state index contributed by atoms with van der Waals surface area (Å²) in [5.74, 6) is 2.20. The summed E-state index contributed by atoms with van der Waals surface area (Å²) in [5.41, 5.74) is 1.73. The lowest BCUT2D eigenvalue weighted by Gasteiger charge is -2.29. The van der Waals surface area contributed by atoms with Crippen molar-refractivity contribution in [3.63, 3.8) is 0 Å². The van der Waals surface area contributed by atoms with Gasteiger partial charge in [0, 0.05) is 17.5 Å². The van der Waals surface area contributed by atoms with E-state index in [9.17, 15) is 9.59 Å². The van der Waals surface area contributed by atoms with Gasteiger partial charge < -0.3 is 10.1 Å². The Labute approximate surface area is 157 Å². The van der Waals surface area contributed by atoms with Crippen LogP contribution in [0.2, 0.25) is 0 Å². The van der Waals surface area contributed by atoms with Crippen LogP contribution in [0.5, 0.6) is 0 Å².